The molecule has 0 amide bonds. The summed E-state index contributed by atoms with van der Waals surface area (Å²) in [5.41, 5.74) is 0.889. The van der Waals surface area contributed by atoms with Crippen LogP contribution in [-0.4, -0.2) is 53.8 Å². The number of ether oxygens (including phenoxy) is 2. The van der Waals surface area contributed by atoms with Gasteiger partial charge >= 0.3 is 0 Å². The number of likely N-dealkylation sites (N-methyl/N-ethyl adjacent to an activating group) is 1. The van der Waals surface area contributed by atoms with Crippen molar-refractivity contribution in [2.75, 3.05) is 32.1 Å². The highest BCUT2D eigenvalue weighted by Gasteiger charge is 2.38. The number of anilines is 2. The van der Waals surface area contributed by atoms with Crippen LogP contribution in [0.5, 0.6) is 5.75 Å². The molecule has 0 aliphatic carbocycles. The van der Waals surface area contributed by atoms with Gasteiger partial charge in [0.2, 0.25) is 5.95 Å². The van der Waals surface area contributed by atoms with Gasteiger partial charge in [-0.3, -0.25) is 0 Å². The molecule has 5 rings (SSSR count). The van der Waals surface area contributed by atoms with Crippen LogP contribution in [0.2, 0.25) is 5.15 Å². The number of aromatic nitrogens is 2. The van der Waals surface area contributed by atoms with E-state index in [2.05, 4.69) is 27.2 Å². The molecule has 3 fully saturated rings. The summed E-state index contributed by atoms with van der Waals surface area (Å²) >= 11 is 5.87. The molecule has 1 aromatic heterocycles. The Balaban J connectivity index is 1.41. The molecular weight excluding hydrogens is 340 g/mol. The van der Waals surface area contributed by atoms with E-state index in [4.69, 9.17) is 21.1 Å². The molecule has 3 atom stereocenters. The zero-order valence-corrected chi connectivity index (χ0v) is 14.8. The van der Waals surface area contributed by atoms with Crippen molar-refractivity contribution in [2.24, 2.45) is 5.92 Å². The van der Waals surface area contributed by atoms with Gasteiger partial charge in [0, 0.05) is 36.8 Å². The third kappa shape index (κ3) is 3.86. The molecule has 0 radical (unpaired) electrons. The normalized spacial score (nSPS) is 26.2. The van der Waals surface area contributed by atoms with E-state index >= 15 is 0 Å². The van der Waals surface area contributed by atoms with Gasteiger partial charge in [0.15, 0.2) is 0 Å². The van der Waals surface area contributed by atoms with Gasteiger partial charge in [0.25, 0.3) is 0 Å². The van der Waals surface area contributed by atoms with E-state index in [0.29, 0.717) is 23.1 Å². The van der Waals surface area contributed by atoms with Crippen LogP contribution in [0.15, 0.2) is 36.5 Å². The fraction of sp³-hybridized carbons (Fsp3) is 0.444. The zero-order chi connectivity index (χ0) is 17.2. The van der Waals surface area contributed by atoms with E-state index in [0.717, 1.165) is 37.6 Å². The van der Waals surface area contributed by atoms with Crippen LogP contribution in [0.3, 0.4) is 0 Å². The number of nitrogens with one attached hydrogen (secondary N) is 1. The number of nitrogens with zero attached hydrogens (tertiary/aromatic N) is 3. The van der Waals surface area contributed by atoms with Crippen molar-refractivity contribution in [1.29, 1.82) is 0 Å². The van der Waals surface area contributed by atoms with E-state index in [-0.39, 0.29) is 6.10 Å². The Hall–Kier alpha value is -1.89. The molecule has 25 heavy (non-hydrogen) atoms. The predicted octanol–water partition coefficient (Wildman–Crippen LogP) is 2.97. The zero-order valence-electron chi connectivity index (χ0n) is 14.1. The Kier molecular flexibility index (Phi) is 4.74. The lowest BCUT2D eigenvalue weighted by Crippen LogP contribution is -2.49. The van der Waals surface area contributed by atoms with Crippen molar-refractivity contribution < 1.29 is 9.47 Å². The summed E-state index contributed by atoms with van der Waals surface area (Å²) in [6.45, 7) is 2.60. The molecule has 2 aromatic rings. The van der Waals surface area contributed by atoms with Gasteiger partial charge in [-0.15, -0.1) is 0 Å². The van der Waals surface area contributed by atoms with Gasteiger partial charge in [-0.1, -0.05) is 11.6 Å². The molecule has 3 aliphatic heterocycles. The standard InChI is InChI=1S/C18H21ClN4O2/c1-23-9-12-10-24-11-14(23)8-16(12)25-15-4-2-13(3-5-15)21-18-20-7-6-17(19)22-18/h2-7,12,14,16H,8-11H2,1H3,(H,20,21,22)/t12?,14-,16+/m0/s1. The molecule has 1 aromatic carbocycles. The van der Waals surface area contributed by atoms with Crippen molar-refractivity contribution >= 4 is 23.2 Å². The first-order valence-corrected chi connectivity index (χ1v) is 8.85. The van der Waals surface area contributed by atoms with Gasteiger partial charge in [0.1, 0.15) is 17.0 Å². The van der Waals surface area contributed by atoms with Crippen molar-refractivity contribution in [3.05, 3.63) is 41.7 Å². The van der Waals surface area contributed by atoms with E-state index in [1.54, 1.807) is 12.3 Å². The number of hydrogen-bond donors (Lipinski definition) is 1. The molecule has 132 valence electrons. The SMILES string of the molecule is CN1CC2COC[C@@H]1C[C@H]2Oc1ccc(Nc2nccc(Cl)n2)cc1. The highest BCUT2D eigenvalue weighted by Crippen LogP contribution is 2.30. The van der Waals surface area contributed by atoms with E-state index in [9.17, 15) is 0 Å². The number of hydrogen-bond acceptors (Lipinski definition) is 6. The minimum atomic E-state index is 0.207. The van der Waals surface area contributed by atoms with Gasteiger partial charge < -0.3 is 19.7 Å². The van der Waals surface area contributed by atoms with Crippen LogP contribution in [0.1, 0.15) is 6.42 Å². The molecule has 0 saturated carbocycles. The summed E-state index contributed by atoms with van der Waals surface area (Å²) in [5, 5.41) is 3.54. The maximum absolute atomic E-state index is 6.26. The molecule has 6 nitrogen and oxygen atoms in total. The second-order valence-corrected chi connectivity index (χ2v) is 7.02. The topological polar surface area (TPSA) is 59.5 Å². The third-order valence-corrected chi connectivity index (χ3v) is 5.05. The lowest BCUT2D eigenvalue weighted by Gasteiger charge is -2.38. The molecule has 2 bridgehead atoms. The van der Waals surface area contributed by atoms with Crippen LogP contribution < -0.4 is 10.1 Å². The van der Waals surface area contributed by atoms with E-state index in [1.807, 2.05) is 24.3 Å². The Morgan fingerprint density at radius 3 is 2.88 bits per heavy atom. The lowest BCUT2D eigenvalue weighted by atomic mass is 9.92. The van der Waals surface area contributed by atoms with Crippen LogP contribution >= 0.6 is 11.6 Å². The Morgan fingerprint density at radius 1 is 1.24 bits per heavy atom. The minimum Gasteiger partial charge on any atom is -0.490 e. The average molecular weight is 361 g/mol. The lowest BCUT2D eigenvalue weighted by molar-refractivity contribution is 0.0392. The van der Waals surface area contributed by atoms with Crippen LogP contribution in [-0.2, 0) is 4.74 Å². The summed E-state index contributed by atoms with van der Waals surface area (Å²) in [6.07, 6.45) is 2.84. The Labute approximate surface area is 152 Å². The quantitative estimate of drug-likeness (QED) is 0.846. The van der Waals surface area contributed by atoms with Crippen molar-refractivity contribution in [2.45, 2.75) is 18.6 Å². The van der Waals surface area contributed by atoms with Crippen LogP contribution in [0.25, 0.3) is 0 Å². The van der Waals surface area contributed by atoms with Crippen LogP contribution in [0.4, 0.5) is 11.6 Å². The fourth-order valence-corrected chi connectivity index (χ4v) is 3.59. The van der Waals surface area contributed by atoms with Crippen molar-refractivity contribution in [3.8, 4) is 5.75 Å². The average Bonchev–Trinajstić information content (AvgIpc) is 2.90. The summed E-state index contributed by atoms with van der Waals surface area (Å²) < 4.78 is 12.0. The first-order chi connectivity index (χ1) is 12.2. The largest absolute Gasteiger partial charge is 0.490 e. The van der Waals surface area contributed by atoms with E-state index in [1.165, 1.54) is 0 Å². The second kappa shape index (κ2) is 7.15. The maximum atomic E-state index is 6.26. The predicted molar refractivity (Wildman–Crippen MR) is 96.5 cm³/mol. The summed E-state index contributed by atoms with van der Waals surface area (Å²) in [6, 6.07) is 9.94. The maximum Gasteiger partial charge on any atom is 0.228 e. The Morgan fingerprint density at radius 2 is 2.08 bits per heavy atom. The highest BCUT2D eigenvalue weighted by molar-refractivity contribution is 6.29. The summed E-state index contributed by atoms with van der Waals surface area (Å²) in [5.74, 6) is 1.77. The molecule has 1 unspecified atom stereocenters. The fourth-order valence-electron chi connectivity index (χ4n) is 3.45. The number of rotatable bonds is 4. The summed E-state index contributed by atoms with van der Waals surface area (Å²) in [4.78, 5) is 10.6. The molecule has 4 heterocycles. The molecule has 0 spiro atoms. The smallest absolute Gasteiger partial charge is 0.228 e. The van der Waals surface area contributed by atoms with Crippen LogP contribution in [0, 0.1) is 5.92 Å². The monoisotopic (exact) mass is 360 g/mol. The molecule has 1 N–H and O–H groups in total. The first kappa shape index (κ1) is 16.6. The first-order valence-electron chi connectivity index (χ1n) is 8.47. The molecule has 7 heteroatoms. The number of piperidine rings is 1. The minimum absolute atomic E-state index is 0.207. The molecule has 3 aliphatic rings. The third-order valence-electron chi connectivity index (χ3n) is 4.84. The van der Waals surface area contributed by atoms with Gasteiger partial charge in [-0.05, 0) is 37.4 Å². The number of fused-ring (bicyclic) bond motifs is 4. The molecular formula is C18H21ClN4O2. The van der Waals surface area contributed by atoms with Gasteiger partial charge in [-0.2, -0.15) is 0 Å². The summed E-state index contributed by atoms with van der Waals surface area (Å²) in [7, 11) is 2.17. The van der Waals surface area contributed by atoms with E-state index < -0.39 is 0 Å². The second-order valence-electron chi connectivity index (χ2n) is 6.64. The van der Waals surface area contributed by atoms with Crippen molar-refractivity contribution in [1.82, 2.24) is 14.9 Å². The van der Waals surface area contributed by atoms with Crippen molar-refractivity contribution in [3.63, 3.8) is 0 Å². The Bertz CT molecular complexity index is 727. The number of benzene rings is 1. The molecule has 3 saturated heterocycles. The van der Waals surface area contributed by atoms with Gasteiger partial charge in [-0.25, -0.2) is 9.97 Å². The number of halogens is 1. The highest BCUT2D eigenvalue weighted by atomic mass is 35.5. The van der Waals surface area contributed by atoms with Gasteiger partial charge in [0.05, 0.1) is 13.2 Å².